The second-order valence-corrected chi connectivity index (χ2v) is 6.61. The molecule has 0 aromatic heterocycles. The van der Waals surface area contributed by atoms with Crippen LogP contribution in [0.5, 0.6) is 5.75 Å². The highest BCUT2D eigenvalue weighted by Gasteiger charge is 2.29. The van der Waals surface area contributed by atoms with E-state index in [9.17, 15) is 4.79 Å². The highest BCUT2D eigenvalue weighted by molar-refractivity contribution is 6.01. The van der Waals surface area contributed by atoms with Crippen LogP contribution in [0.4, 0.5) is 5.69 Å². The number of benzene rings is 2. The summed E-state index contributed by atoms with van der Waals surface area (Å²) in [6.45, 7) is 5.07. The van der Waals surface area contributed by atoms with E-state index in [-0.39, 0.29) is 12.1 Å². The molecule has 4 heteroatoms. The molecule has 2 aromatic carbocycles. The number of anilines is 1. The smallest absolute Gasteiger partial charge is 0.257 e. The van der Waals surface area contributed by atoms with E-state index in [1.165, 1.54) is 0 Å². The Morgan fingerprint density at radius 1 is 1.17 bits per heavy atom. The predicted octanol–water partition coefficient (Wildman–Crippen LogP) is 4.31. The number of amides is 1. The molecule has 126 valence electrons. The SMILES string of the molecule is CC(C)CCOc1cccc(C2Nc3ccccc3C(=O)N2C)c1. The fourth-order valence-electron chi connectivity index (χ4n) is 2.84. The average molecular weight is 324 g/mol. The zero-order valence-electron chi connectivity index (χ0n) is 14.5. The summed E-state index contributed by atoms with van der Waals surface area (Å²) in [5.74, 6) is 1.49. The monoisotopic (exact) mass is 324 g/mol. The van der Waals surface area contributed by atoms with Crippen molar-refractivity contribution in [1.29, 1.82) is 0 Å². The van der Waals surface area contributed by atoms with Gasteiger partial charge in [-0.25, -0.2) is 0 Å². The van der Waals surface area contributed by atoms with Crippen molar-refractivity contribution in [3.05, 3.63) is 59.7 Å². The third kappa shape index (κ3) is 3.37. The highest BCUT2D eigenvalue weighted by Crippen LogP contribution is 2.32. The van der Waals surface area contributed by atoms with Crippen LogP contribution >= 0.6 is 0 Å². The van der Waals surface area contributed by atoms with Crippen molar-refractivity contribution in [2.75, 3.05) is 19.0 Å². The van der Waals surface area contributed by atoms with Crippen molar-refractivity contribution in [3.63, 3.8) is 0 Å². The number of hydrogen-bond acceptors (Lipinski definition) is 3. The lowest BCUT2D eigenvalue weighted by Gasteiger charge is -2.35. The Bertz CT molecular complexity index is 727. The van der Waals surface area contributed by atoms with E-state index in [2.05, 4.69) is 19.2 Å². The maximum absolute atomic E-state index is 12.6. The normalized spacial score (nSPS) is 16.8. The molecule has 2 aromatic rings. The maximum atomic E-state index is 12.6. The largest absolute Gasteiger partial charge is 0.494 e. The van der Waals surface area contributed by atoms with E-state index in [1.807, 2.05) is 55.6 Å². The number of nitrogens with zero attached hydrogens (tertiary/aromatic N) is 1. The third-order valence-electron chi connectivity index (χ3n) is 4.30. The number of hydrogen-bond donors (Lipinski definition) is 1. The van der Waals surface area contributed by atoms with Crippen molar-refractivity contribution in [2.24, 2.45) is 5.92 Å². The summed E-state index contributed by atoms with van der Waals surface area (Å²) < 4.78 is 5.85. The molecular weight excluding hydrogens is 300 g/mol. The van der Waals surface area contributed by atoms with Crippen molar-refractivity contribution < 1.29 is 9.53 Å². The quantitative estimate of drug-likeness (QED) is 0.891. The molecule has 1 N–H and O–H groups in total. The molecule has 1 amide bonds. The lowest BCUT2D eigenvalue weighted by atomic mass is 10.0. The minimum absolute atomic E-state index is 0.0282. The van der Waals surface area contributed by atoms with Gasteiger partial charge in [0.1, 0.15) is 11.9 Å². The maximum Gasteiger partial charge on any atom is 0.257 e. The first-order chi connectivity index (χ1) is 11.6. The summed E-state index contributed by atoms with van der Waals surface area (Å²) in [4.78, 5) is 14.3. The van der Waals surface area contributed by atoms with Crippen LogP contribution in [0.1, 0.15) is 42.4 Å². The molecule has 0 saturated carbocycles. The first kappa shape index (κ1) is 16.4. The zero-order valence-corrected chi connectivity index (χ0v) is 14.5. The van der Waals surface area contributed by atoms with E-state index >= 15 is 0 Å². The van der Waals surface area contributed by atoms with Gasteiger partial charge in [-0.2, -0.15) is 0 Å². The molecule has 1 heterocycles. The van der Waals surface area contributed by atoms with Crippen LogP contribution in [0, 0.1) is 5.92 Å². The predicted molar refractivity (Wildman–Crippen MR) is 96.3 cm³/mol. The summed E-state index contributed by atoms with van der Waals surface area (Å²) in [5, 5.41) is 3.44. The topological polar surface area (TPSA) is 41.6 Å². The van der Waals surface area contributed by atoms with E-state index in [0.717, 1.165) is 23.4 Å². The Balaban J connectivity index is 1.80. The van der Waals surface area contributed by atoms with Crippen LogP contribution in [0.15, 0.2) is 48.5 Å². The molecule has 0 saturated heterocycles. The van der Waals surface area contributed by atoms with Gasteiger partial charge in [-0.05, 0) is 42.2 Å². The summed E-state index contributed by atoms with van der Waals surface area (Å²) >= 11 is 0. The van der Waals surface area contributed by atoms with Gasteiger partial charge in [0.15, 0.2) is 0 Å². The number of fused-ring (bicyclic) bond motifs is 1. The molecule has 24 heavy (non-hydrogen) atoms. The molecule has 0 fully saturated rings. The zero-order chi connectivity index (χ0) is 17.1. The third-order valence-corrected chi connectivity index (χ3v) is 4.30. The molecular formula is C20H24N2O2. The van der Waals surface area contributed by atoms with Gasteiger partial charge in [0.25, 0.3) is 5.91 Å². The first-order valence-electron chi connectivity index (χ1n) is 8.41. The first-order valence-corrected chi connectivity index (χ1v) is 8.41. The molecule has 0 spiro atoms. The second-order valence-electron chi connectivity index (χ2n) is 6.61. The number of ether oxygens (including phenoxy) is 1. The standard InChI is InChI=1S/C20H24N2O2/c1-14(2)11-12-24-16-8-6-7-15(13-16)19-21-18-10-5-4-9-17(18)20(23)22(19)3/h4-10,13-14,19,21H,11-12H2,1-3H3. The number of carbonyl (C=O) groups is 1. The number of carbonyl (C=O) groups excluding carboxylic acids is 1. The minimum atomic E-state index is -0.193. The van der Waals surface area contributed by atoms with Crippen LogP contribution < -0.4 is 10.1 Å². The molecule has 0 radical (unpaired) electrons. The molecule has 1 atom stereocenters. The van der Waals surface area contributed by atoms with Gasteiger partial charge in [-0.1, -0.05) is 38.1 Å². The Kier molecular flexibility index (Phi) is 4.74. The van der Waals surface area contributed by atoms with Crippen molar-refractivity contribution in [2.45, 2.75) is 26.4 Å². The Morgan fingerprint density at radius 2 is 1.96 bits per heavy atom. The summed E-state index contributed by atoms with van der Waals surface area (Å²) in [7, 11) is 1.82. The number of rotatable bonds is 5. The van der Waals surface area contributed by atoms with E-state index in [1.54, 1.807) is 4.90 Å². The molecule has 4 nitrogen and oxygen atoms in total. The summed E-state index contributed by atoms with van der Waals surface area (Å²) in [6, 6.07) is 15.6. The van der Waals surface area contributed by atoms with Gasteiger partial charge < -0.3 is 15.0 Å². The van der Waals surface area contributed by atoms with Crippen LogP contribution in [0.2, 0.25) is 0 Å². The van der Waals surface area contributed by atoms with E-state index in [4.69, 9.17) is 4.74 Å². The van der Waals surface area contributed by atoms with Crippen molar-refractivity contribution >= 4 is 11.6 Å². The number of para-hydroxylation sites is 1. The Labute approximate surface area is 143 Å². The van der Waals surface area contributed by atoms with Gasteiger partial charge in [-0.3, -0.25) is 4.79 Å². The molecule has 0 bridgehead atoms. The fourth-order valence-corrected chi connectivity index (χ4v) is 2.84. The second kappa shape index (κ2) is 6.95. The van der Waals surface area contributed by atoms with Crippen LogP contribution in [-0.2, 0) is 0 Å². The van der Waals surface area contributed by atoms with E-state index < -0.39 is 0 Å². The Morgan fingerprint density at radius 3 is 2.75 bits per heavy atom. The molecule has 1 aliphatic heterocycles. The molecule has 3 rings (SSSR count). The molecule has 1 aliphatic rings. The van der Waals surface area contributed by atoms with Gasteiger partial charge in [0.05, 0.1) is 12.2 Å². The van der Waals surface area contributed by atoms with Crippen LogP contribution in [0.25, 0.3) is 0 Å². The fraction of sp³-hybridized carbons (Fsp3) is 0.350. The van der Waals surface area contributed by atoms with Crippen molar-refractivity contribution in [1.82, 2.24) is 4.90 Å². The van der Waals surface area contributed by atoms with Gasteiger partial charge in [0, 0.05) is 12.7 Å². The van der Waals surface area contributed by atoms with E-state index in [0.29, 0.717) is 18.1 Å². The van der Waals surface area contributed by atoms with Gasteiger partial charge in [-0.15, -0.1) is 0 Å². The Hall–Kier alpha value is -2.49. The lowest BCUT2D eigenvalue weighted by Crippen LogP contribution is -2.40. The average Bonchev–Trinajstić information content (AvgIpc) is 2.58. The van der Waals surface area contributed by atoms with Crippen LogP contribution in [0.3, 0.4) is 0 Å². The number of nitrogens with one attached hydrogen (secondary N) is 1. The molecule has 1 unspecified atom stereocenters. The minimum Gasteiger partial charge on any atom is -0.494 e. The summed E-state index contributed by atoms with van der Waals surface area (Å²) in [5.41, 5.74) is 2.60. The molecule has 0 aliphatic carbocycles. The highest BCUT2D eigenvalue weighted by atomic mass is 16.5. The van der Waals surface area contributed by atoms with Gasteiger partial charge in [0.2, 0.25) is 0 Å². The summed E-state index contributed by atoms with van der Waals surface area (Å²) in [6.07, 6.45) is 0.832. The van der Waals surface area contributed by atoms with Crippen LogP contribution in [-0.4, -0.2) is 24.5 Å². The lowest BCUT2D eigenvalue weighted by molar-refractivity contribution is 0.0735. The van der Waals surface area contributed by atoms with Gasteiger partial charge >= 0.3 is 0 Å². The van der Waals surface area contributed by atoms with Crippen molar-refractivity contribution in [3.8, 4) is 5.75 Å².